The maximum absolute atomic E-state index is 12.5. The molecule has 0 aliphatic carbocycles. The maximum Gasteiger partial charge on any atom is 0.343 e. The monoisotopic (exact) mass is 345 g/mol. The smallest absolute Gasteiger partial charge is 0.343 e. The molecule has 0 saturated heterocycles. The van der Waals surface area contributed by atoms with Crippen molar-refractivity contribution >= 4 is 22.9 Å². The molecule has 2 N–H and O–H groups in total. The molecular formula is C18H23N3O4. The van der Waals surface area contributed by atoms with Gasteiger partial charge in [-0.25, -0.2) is 9.59 Å². The number of hydrogen-bond donors (Lipinski definition) is 2. The first-order valence-electron chi connectivity index (χ1n) is 8.40. The number of ether oxygens (including phenoxy) is 1. The van der Waals surface area contributed by atoms with E-state index < -0.39 is 17.6 Å². The average Bonchev–Trinajstić information content (AvgIpc) is 2.96. The number of carbonyl (C=O) groups is 2. The molecule has 0 radical (unpaired) electrons. The second-order valence-electron chi connectivity index (χ2n) is 5.66. The Labute approximate surface area is 145 Å². The van der Waals surface area contributed by atoms with Gasteiger partial charge in [0.15, 0.2) is 0 Å². The largest absolute Gasteiger partial charge is 0.458 e. The van der Waals surface area contributed by atoms with Gasteiger partial charge in [0.2, 0.25) is 0 Å². The minimum Gasteiger partial charge on any atom is -0.458 e. The van der Waals surface area contributed by atoms with Crippen LogP contribution in [0.5, 0.6) is 0 Å². The van der Waals surface area contributed by atoms with Gasteiger partial charge in [0, 0.05) is 6.54 Å². The third-order valence-electron chi connectivity index (χ3n) is 3.78. The molecule has 1 aromatic heterocycles. The number of rotatable bonds is 8. The number of unbranched alkanes of at least 4 members (excludes halogenated alkanes) is 3. The van der Waals surface area contributed by atoms with E-state index in [0.717, 1.165) is 30.4 Å². The number of H-pyrrole nitrogens is 1. The summed E-state index contributed by atoms with van der Waals surface area (Å²) in [5.74, 6) is -0.631. The number of aromatic amines is 1. The van der Waals surface area contributed by atoms with Gasteiger partial charge in [0.05, 0.1) is 16.5 Å². The first kappa shape index (κ1) is 18.5. The van der Waals surface area contributed by atoms with E-state index in [1.54, 1.807) is 12.1 Å². The van der Waals surface area contributed by atoms with E-state index in [0.29, 0.717) is 12.1 Å². The summed E-state index contributed by atoms with van der Waals surface area (Å²) in [5, 5.41) is 5.57. The van der Waals surface area contributed by atoms with Crippen LogP contribution in [0, 0.1) is 0 Å². The number of nitrogens with one attached hydrogen (secondary N) is 2. The van der Waals surface area contributed by atoms with E-state index in [2.05, 4.69) is 23.9 Å². The van der Waals surface area contributed by atoms with E-state index in [1.165, 1.54) is 12.1 Å². The maximum atomic E-state index is 12.5. The minimum absolute atomic E-state index is 0.0477. The molecular weight excluding hydrogens is 322 g/mol. The topological polar surface area (TPSA) is 93.2 Å². The predicted octanol–water partition coefficient (Wildman–Crippen LogP) is 2.81. The summed E-state index contributed by atoms with van der Waals surface area (Å²) < 4.78 is 5.88. The molecule has 0 aliphatic rings. The molecule has 0 saturated carbocycles. The van der Waals surface area contributed by atoms with Gasteiger partial charge in [-0.3, -0.25) is 9.89 Å². The highest BCUT2D eigenvalue weighted by molar-refractivity contribution is 6.03. The second kappa shape index (κ2) is 8.86. The van der Waals surface area contributed by atoms with Crippen LogP contribution in [0.1, 0.15) is 43.0 Å². The van der Waals surface area contributed by atoms with Gasteiger partial charge in [-0.2, -0.15) is 4.68 Å². The summed E-state index contributed by atoms with van der Waals surface area (Å²) >= 11 is 0. The van der Waals surface area contributed by atoms with Gasteiger partial charge in [-0.05, 0) is 18.6 Å². The lowest BCUT2D eigenvalue weighted by Crippen LogP contribution is -2.36. The Morgan fingerprint density at radius 3 is 2.84 bits per heavy atom. The summed E-state index contributed by atoms with van der Waals surface area (Å²) in [6.07, 6.45) is 5.54. The molecule has 2 rings (SSSR count). The summed E-state index contributed by atoms with van der Waals surface area (Å²) in [7, 11) is 0. The number of aromatic nitrogens is 2. The van der Waals surface area contributed by atoms with Crippen LogP contribution in [0.4, 0.5) is 4.79 Å². The molecule has 2 aromatic rings. The molecule has 134 valence electrons. The molecule has 1 aromatic carbocycles. The molecule has 7 heteroatoms. The molecule has 7 nitrogen and oxygen atoms in total. The molecule has 1 heterocycles. The van der Waals surface area contributed by atoms with Gasteiger partial charge < -0.3 is 10.1 Å². The lowest BCUT2D eigenvalue weighted by molar-refractivity contribution is 0.0552. The van der Waals surface area contributed by atoms with Crippen molar-refractivity contribution in [1.29, 1.82) is 0 Å². The molecule has 25 heavy (non-hydrogen) atoms. The number of amides is 1. The summed E-state index contributed by atoms with van der Waals surface area (Å²) in [4.78, 5) is 36.8. The van der Waals surface area contributed by atoms with Crippen molar-refractivity contribution in [2.45, 2.75) is 32.6 Å². The highest BCUT2D eigenvalue weighted by Crippen LogP contribution is 2.14. The zero-order valence-electron chi connectivity index (χ0n) is 14.3. The Kier molecular flexibility index (Phi) is 6.56. The lowest BCUT2D eigenvalue weighted by atomic mass is 10.1. The van der Waals surface area contributed by atoms with E-state index in [1.807, 2.05) is 0 Å². The van der Waals surface area contributed by atoms with Crippen LogP contribution in [-0.2, 0) is 4.74 Å². The van der Waals surface area contributed by atoms with Crippen LogP contribution < -0.4 is 10.9 Å². The highest BCUT2D eigenvalue weighted by atomic mass is 16.5. The molecule has 0 fully saturated rings. The highest BCUT2D eigenvalue weighted by Gasteiger charge is 2.19. The van der Waals surface area contributed by atoms with Crippen LogP contribution >= 0.6 is 0 Å². The minimum atomic E-state index is -0.631. The number of nitrogens with zero attached hydrogens (tertiary/aromatic N) is 1. The van der Waals surface area contributed by atoms with Gasteiger partial charge >= 0.3 is 12.0 Å². The number of esters is 1. The Balaban J connectivity index is 2.21. The quantitative estimate of drug-likeness (QED) is 0.437. The summed E-state index contributed by atoms with van der Waals surface area (Å²) in [5.41, 5.74) is -0.0542. The Morgan fingerprint density at radius 1 is 1.32 bits per heavy atom. The summed E-state index contributed by atoms with van der Waals surface area (Å²) in [6.45, 7) is 6.13. The van der Waals surface area contributed by atoms with E-state index >= 15 is 0 Å². The first-order valence-corrected chi connectivity index (χ1v) is 8.40. The normalized spacial score (nSPS) is 10.6. The number of benzene rings is 1. The van der Waals surface area contributed by atoms with Crippen molar-refractivity contribution in [3.63, 3.8) is 0 Å². The van der Waals surface area contributed by atoms with Crippen molar-refractivity contribution in [1.82, 2.24) is 15.1 Å². The molecule has 0 aliphatic heterocycles. The fourth-order valence-electron chi connectivity index (χ4n) is 2.51. The van der Waals surface area contributed by atoms with Crippen LogP contribution in [0.15, 0.2) is 35.6 Å². The van der Waals surface area contributed by atoms with Gasteiger partial charge in [0.25, 0.3) is 5.56 Å². The third-order valence-corrected chi connectivity index (χ3v) is 3.78. The van der Waals surface area contributed by atoms with E-state index in [-0.39, 0.29) is 17.6 Å². The van der Waals surface area contributed by atoms with Crippen LogP contribution in [0.2, 0.25) is 0 Å². The van der Waals surface area contributed by atoms with Crippen LogP contribution in [-0.4, -0.2) is 34.9 Å². The Hall–Kier alpha value is -2.83. The van der Waals surface area contributed by atoms with Gasteiger partial charge in [-0.1, -0.05) is 44.9 Å². The van der Waals surface area contributed by atoms with Crippen molar-refractivity contribution in [2.24, 2.45) is 0 Å². The summed E-state index contributed by atoms with van der Waals surface area (Å²) in [6, 6.07) is 4.21. The average molecular weight is 345 g/mol. The zero-order valence-corrected chi connectivity index (χ0v) is 14.3. The molecule has 0 unspecified atom stereocenters. The number of fused-ring (bicyclic) bond motifs is 1. The van der Waals surface area contributed by atoms with Gasteiger partial charge in [-0.15, -0.1) is 0 Å². The number of hydrogen-bond acceptors (Lipinski definition) is 4. The lowest BCUT2D eigenvalue weighted by Gasteiger charge is -2.04. The fourth-order valence-corrected chi connectivity index (χ4v) is 2.51. The Morgan fingerprint density at radius 2 is 2.12 bits per heavy atom. The molecule has 0 spiro atoms. The second-order valence-corrected chi connectivity index (χ2v) is 5.66. The molecule has 0 atom stereocenters. The van der Waals surface area contributed by atoms with Crippen LogP contribution in [0.25, 0.3) is 10.9 Å². The first-order chi connectivity index (χ1) is 12.1. The SMILES string of the molecule is C=CCOC(=O)c1cccc2[nH]n(C(=O)NCCCCCC)c(=O)c12. The van der Waals surface area contributed by atoms with E-state index in [9.17, 15) is 14.4 Å². The Bertz CT molecular complexity index is 819. The third kappa shape index (κ3) is 4.37. The van der Waals surface area contributed by atoms with Crippen LogP contribution in [0.3, 0.4) is 0 Å². The predicted molar refractivity (Wildman–Crippen MR) is 96.0 cm³/mol. The van der Waals surface area contributed by atoms with Crippen molar-refractivity contribution in [3.8, 4) is 0 Å². The standard InChI is InChI=1S/C18H23N3O4/c1-3-5-6-7-11-19-18(24)21-16(22)15-13(17(23)25-12-4-2)9-8-10-14(15)20-21/h4,8-10,20H,2-3,5-7,11-12H2,1H3,(H,19,24). The molecule has 1 amide bonds. The van der Waals surface area contributed by atoms with Crippen molar-refractivity contribution < 1.29 is 14.3 Å². The molecule has 0 bridgehead atoms. The van der Waals surface area contributed by atoms with Gasteiger partial charge in [0.1, 0.15) is 6.61 Å². The fraction of sp³-hybridized carbons (Fsp3) is 0.389. The van der Waals surface area contributed by atoms with Crippen molar-refractivity contribution in [2.75, 3.05) is 13.2 Å². The number of carbonyl (C=O) groups excluding carboxylic acids is 2. The van der Waals surface area contributed by atoms with Crippen molar-refractivity contribution in [3.05, 3.63) is 46.8 Å². The van der Waals surface area contributed by atoms with E-state index in [4.69, 9.17) is 4.74 Å². The zero-order chi connectivity index (χ0) is 18.2.